The molecule has 2 fully saturated rings. The third-order valence-electron chi connectivity index (χ3n) is 6.57. The molecule has 2 aliphatic rings. The van der Waals surface area contributed by atoms with Crippen LogP contribution in [0.25, 0.3) is 0 Å². The number of hydrogen-bond donors (Lipinski definition) is 2. The number of morpholine rings is 1. The molecule has 2 heterocycles. The molecule has 2 N–H and O–H groups in total. The maximum atomic E-state index is 13.3. The fraction of sp³-hybridized carbons (Fsp3) is 0.423. The van der Waals surface area contributed by atoms with Crippen molar-refractivity contribution in [3.8, 4) is 0 Å². The summed E-state index contributed by atoms with van der Waals surface area (Å²) in [6.45, 7) is 8.40. The molecule has 2 aliphatic heterocycles. The molecule has 2 saturated heterocycles. The van der Waals surface area contributed by atoms with Crippen LogP contribution in [0.2, 0.25) is 0 Å². The molecule has 8 heteroatoms. The Morgan fingerprint density at radius 1 is 1.09 bits per heavy atom. The monoisotopic (exact) mass is 464 g/mol. The number of benzene rings is 2. The summed E-state index contributed by atoms with van der Waals surface area (Å²) >= 11 is 0. The number of carbonyl (C=O) groups is 3. The summed E-state index contributed by atoms with van der Waals surface area (Å²) in [7, 11) is 0. The Kier molecular flexibility index (Phi) is 6.88. The summed E-state index contributed by atoms with van der Waals surface area (Å²) in [5.74, 6) is -0.865. The summed E-state index contributed by atoms with van der Waals surface area (Å²) in [5.41, 5.74) is 2.32. The SMILES string of the molecule is CCCc1ccc([C@]2(C)NC(=O)N([C@H](C)C(=O)Nc3ccc(N4CCOCC4)cc3)C2=O)cc1. The zero-order valence-electron chi connectivity index (χ0n) is 20.0. The Morgan fingerprint density at radius 2 is 1.74 bits per heavy atom. The van der Waals surface area contributed by atoms with Gasteiger partial charge in [-0.25, -0.2) is 9.69 Å². The minimum absolute atomic E-state index is 0.426. The number of ether oxygens (including phenoxy) is 1. The largest absolute Gasteiger partial charge is 0.378 e. The van der Waals surface area contributed by atoms with Crippen molar-refractivity contribution in [1.82, 2.24) is 10.2 Å². The van der Waals surface area contributed by atoms with E-state index in [0.29, 0.717) is 24.5 Å². The molecule has 0 unspecified atom stereocenters. The van der Waals surface area contributed by atoms with Gasteiger partial charge >= 0.3 is 6.03 Å². The lowest BCUT2D eigenvalue weighted by molar-refractivity contribution is -0.136. The van der Waals surface area contributed by atoms with Crippen LogP contribution >= 0.6 is 0 Å². The van der Waals surface area contributed by atoms with Crippen LogP contribution in [0.4, 0.5) is 16.2 Å². The number of carbonyl (C=O) groups excluding carboxylic acids is 3. The van der Waals surface area contributed by atoms with Crippen LogP contribution in [-0.4, -0.2) is 55.1 Å². The Hall–Kier alpha value is -3.39. The van der Waals surface area contributed by atoms with Crippen molar-refractivity contribution >= 4 is 29.2 Å². The van der Waals surface area contributed by atoms with E-state index in [2.05, 4.69) is 22.5 Å². The number of aryl methyl sites for hydroxylation is 1. The first-order chi connectivity index (χ1) is 16.3. The second-order valence-electron chi connectivity index (χ2n) is 8.99. The Morgan fingerprint density at radius 3 is 2.35 bits per heavy atom. The van der Waals surface area contributed by atoms with Crippen LogP contribution < -0.4 is 15.5 Å². The van der Waals surface area contributed by atoms with E-state index in [4.69, 9.17) is 4.74 Å². The lowest BCUT2D eigenvalue weighted by Gasteiger charge is -2.29. The molecule has 8 nitrogen and oxygen atoms in total. The van der Waals surface area contributed by atoms with Crippen LogP contribution in [0.3, 0.4) is 0 Å². The first kappa shape index (κ1) is 23.8. The highest BCUT2D eigenvalue weighted by Gasteiger charge is 2.51. The number of amides is 4. The number of anilines is 2. The highest BCUT2D eigenvalue weighted by Crippen LogP contribution is 2.30. The van der Waals surface area contributed by atoms with E-state index < -0.39 is 29.4 Å². The number of hydrogen-bond acceptors (Lipinski definition) is 5. The van der Waals surface area contributed by atoms with Gasteiger partial charge in [0.2, 0.25) is 5.91 Å². The van der Waals surface area contributed by atoms with Gasteiger partial charge in [-0.3, -0.25) is 9.59 Å². The first-order valence-electron chi connectivity index (χ1n) is 11.8. The molecule has 2 aromatic rings. The lowest BCUT2D eigenvalue weighted by atomic mass is 9.90. The highest BCUT2D eigenvalue weighted by atomic mass is 16.5. The fourth-order valence-electron chi connectivity index (χ4n) is 4.44. The lowest BCUT2D eigenvalue weighted by Crippen LogP contribution is -2.47. The molecule has 0 spiro atoms. The number of nitrogens with zero attached hydrogens (tertiary/aromatic N) is 2. The maximum absolute atomic E-state index is 13.3. The van der Waals surface area contributed by atoms with Gasteiger partial charge in [0.05, 0.1) is 13.2 Å². The third-order valence-corrected chi connectivity index (χ3v) is 6.57. The molecule has 0 bridgehead atoms. The normalized spacial score (nSPS) is 21.4. The molecular formula is C26H32N4O4. The van der Waals surface area contributed by atoms with E-state index >= 15 is 0 Å². The van der Waals surface area contributed by atoms with Crippen molar-refractivity contribution in [3.63, 3.8) is 0 Å². The molecule has 4 amide bonds. The molecule has 180 valence electrons. The summed E-state index contributed by atoms with van der Waals surface area (Å²) in [6.07, 6.45) is 1.98. The third kappa shape index (κ3) is 4.63. The highest BCUT2D eigenvalue weighted by molar-refractivity contribution is 6.11. The van der Waals surface area contributed by atoms with Crippen LogP contribution in [-0.2, 0) is 26.3 Å². The number of imide groups is 1. The quantitative estimate of drug-likeness (QED) is 0.614. The molecule has 2 aromatic carbocycles. The number of nitrogens with one attached hydrogen (secondary N) is 2. The molecule has 2 atom stereocenters. The smallest absolute Gasteiger partial charge is 0.326 e. The Balaban J connectivity index is 1.43. The molecule has 0 saturated carbocycles. The van der Waals surface area contributed by atoms with Gasteiger partial charge in [0.25, 0.3) is 5.91 Å². The molecule has 0 radical (unpaired) electrons. The fourth-order valence-corrected chi connectivity index (χ4v) is 4.44. The van der Waals surface area contributed by atoms with Crippen LogP contribution in [0.1, 0.15) is 38.3 Å². The second kappa shape index (κ2) is 9.85. The molecule has 4 rings (SSSR count). The van der Waals surface area contributed by atoms with Gasteiger partial charge in [-0.2, -0.15) is 0 Å². The first-order valence-corrected chi connectivity index (χ1v) is 11.8. The average molecular weight is 465 g/mol. The molecule has 0 aromatic heterocycles. The van der Waals surface area contributed by atoms with Crippen LogP contribution in [0.15, 0.2) is 48.5 Å². The topological polar surface area (TPSA) is 91.0 Å². The molecule has 0 aliphatic carbocycles. The van der Waals surface area contributed by atoms with E-state index in [9.17, 15) is 14.4 Å². The van der Waals surface area contributed by atoms with Gasteiger partial charge in [-0.15, -0.1) is 0 Å². The van der Waals surface area contributed by atoms with Crippen molar-refractivity contribution in [2.75, 3.05) is 36.5 Å². The van der Waals surface area contributed by atoms with Gasteiger partial charge in [-0.1, -0.05) is 37.6 Å². The summed E-state index contributed by atoms with van der Waals surface area (Å²) < 4.78 is 5.38. The van der Waals surface area contributed by atoms with Gasteiger partial charge in [0.15, 0.2) is 0 Å². The van der Waals surface area contributed by atoms with Crippen molar-refractivity contribution < 1.29 is 19.1 Å². The predicted molar refractivity (Wildman–Crippen MR) is 131 cm³/mol. The zero-order valence-corrected chi connectivity index (χ0v) is 20.0. The Labute approximate surface area is 200 Å². The van der Waals surface area contributed by atoms with E-state index in [1.165, 1.54) is 5.56 Å². The van der Waals surface area contributed by atoms with Gasteiger partial charge in [0, 0.05) is 24.5 Å². The number of urea groups is 1. The predicted octanol–water partition coefficient (Wildman–Crippen LogP) is 3.27. The maximum Gasteiger partial charge on any atom is 0.326 e. The van der Waals surface area contributed by atoms with E-state index in [-0.39, 0.29) is 0 Å². The Bertz CT molecular complexity index is 1050. The number of rotatable bonds is 7. The van der Waals surface area contributed by atoms with Crippen LogP contribution in [0, 0.1) is 0 Å². The van der Waals surface area contributed by atoms with Crippen molar-refractivity contribution in [2.45, 2.75) is 45.2 Å². The molecule has 34 heavy (non-hydrogen) atoms. The van der Waals surface area contributed by atoms with E-state index in [0.717, 1.165) is 36.5 Å². The minimum atomic E-state index is -1.21. The van der Waals surface area contributed by atoms with E-state index in [1.54, 1.807) is 13.8 Å². The van der Waals surface area contributed by atoms with Crippen molar-refractivity contribution in [2.24, 2.45) is 0 Å². The summed E-state index contributed by atoms with van der Waals surface area (Å²) in [6, 6.07) is 13.7. The minimum Gasteiger partial charge on any atom is -0.378 e. The van der Waals surface area contributed by atoms with Crippen molar-refractivity contribution in [1.29, 1.82) is 0 Å². The summed E-state index contributed by atoms with van der Waals surface area (Å²) in [5, 5.41) is 5.61. The van der Waals surface area contributed by atoms with E-state index in [1.807, 2.05) is 48.5 Å². The average Bonchev–Trinajstić information content (AvgIpc) is 3.08. The molecular weight excluding hydrogens is 432 g/mol. The van der Waals surface area contributed by atoms with Crippen LogP contribution in [0.5, 0.6) is 0 Å². The second-order valence-corrected chi connectivity index (χ2v) is 8.99. The van der Waals surface area contributed by atoms with Gasteiger partial charge < -0.3 is 20.3 Å². The standard InChI is InChI=1S/C26H32N4O4/c1-4-5-19-6-8-20(9-7-19)26(3)24(32)30(25(33)28-26)18(2)23(31)27-21-10-12-22(13-11-21)29-14-16-34-17-15-29/h6-13,18H,4-5,14-17H2,1-3H3,(H,27,31)(H,28,33)/t18-,26+/m1/s1. The summed E-state index contributed by atoms with van der Waals surface area (Å²) in [4.78, 5) is 42.2. The zero-order chi connectivity index (χ0) is 24.3. The van der Waals surface area contributed by atoms with Gasteiger partial charge in [0.1, 0.15) is 11.6 Å². The van der Waals surface area contributed by atoms with Gasteiger partial charge in [-0.05, 0) is 55.7 Å². The van der Waals surface area contributed by atoms with Crippen molar-refractivity contribution in [3.05, 3.63) is 59.7 Å².